The number of fused-ring (bicyclic) bond motifs is 1. The Bertz CT molecular complexity index is 1190. The molecule has 8 nitrogen and oxygen atoms in total. The Morgan fingerprint density at radius 3 is 1.75 bits per heavy atom. The molecule has 0 bridgehead atoms. The molecule has 0 N–H and O–H groups in total. The van der Waals surface area contributed by atoms with Gasteiger partial charge in [-0.25, -0.2) is 9.59 Å². The molecule has 3 aromatic carbocycles. The van der Waals surface area contributed by atoms with Crippen molar-refractivity contribution in [3.05, 3.63) is 108 Å². The molecular weight excluding hydrogens is 464 g/mol. The second-order valence-corrected chi connectivity index (χ2v) is 8.51. The van der Waals surface area contributed by atoms with E-state index in [9.17, 15) is 9.59 Å². The summed E-state index contributed by atoms with van der Waals surface area (Å²) in [6, 6.07) is 26.2. The lowest BCUT2D eigenvalue weighted by Gasteiger charge is -2.40. The fourth-order valence-electron chi connectivity index (χ4n) is 4.37. The van der Waals surface area contributed by atoms with Gasteiger partial charge in [0.2, 0.25) is 0 Å². The van der Waals surface area contributed by atoms with Crippen molar-refractivity contribution in [3.8, 4) is 0 Å². The van der Waals surface area contributed by atoms with Crippen LogP contribution >= 0.6 is 0 Å². The zero-order chi connectivity index (χ0) is 25.1. The average Bonchev–Trinajstić information content (AvgIpc) is 3.31. The van der Waals surface area contributed by atoms with Gasteiger partial charge in [-0.05, 0) is 31.2 Å². The van der Waals surface area contributed by atoms with Crippen LogP contribution in [0.2, 0.25) is 0 Å². The van der Waals surface area contributed by atoms with Crippen molar-refractivity contribution in [1.29, 1.82) is 0 Å². The standard InChI is InChI=1S/C28H26O8/c1-18-22(33-25(29)19-12-6-3-7-13-19)23(34-26(30)20-14-8-4-9-15-20)24-27(32-18)36-28(31-2,35-24)21-16-10-5-11-17-21/h3-18,22-24,27H,1-2H3. The molecule has 5 rings (SSSR count). The first kappa shape index (κ1) is 24.1. The van der Waals surface area contributed by atoms with Crippen molar-refractivity contribution >= 4 is 11.9 Å². The number of ether oxygens (including phenoxy) is 6. The fourth-order valence-corrected chi connectivity index (χ4v) is 4.37. The molecule has 0 amide bonds. The van der Waals surface area contributed by atoms with Gasteiger partial charge in [-0.15, -0.1) is 0 Å². The van der Waals surface area contributed by atoms with Crippen molar-refractivity contribution in [2.75, 3.05) is 7.11 Å². The second kappa shape index (κ2) is 10.2. The van der Waals surface area contributed by atoms with Crippen LogP contribution in [0.15, 0.2) is 91.0 Å². The summed E-state index contributed by atoms with van der Waals surface area (Å²) in [5.74, 6) is -2.76. The third-order valence-electron chi connectivity index (χ3n) is 6.19. The number of esters is 2. The molecule has 3 aromatic rings. The molecule has 0 saturated carbocycles. The van der Waals surface area contributed by atoms with Gasteiger partial charge in [0, 0.05) is 12.7 Å². The van der Waals surface area contributed by atoms with E-state index in [2.05, 4.69) is 0 Å². The highest BCUT2D eigenvalue weighted by atomic mass is 16.9. The maximum Gasteiger partial charge on any atom is 0.338 e. The minimum Gasteiger partial charge on any atom is -0.452 e. The minimum atomic E-state index is -1.59. The van der Waals surface area contributed by atoms with E-state index in [4.69, 9.17) is 28.4 Å². The first-order valence-corrected chi connectivity index (χ1v) is 11.6. The molecule has 36 heavy (non-hydrogen) atoms. The largest absolute Gasteiger partial charge is 0.452 e. The molecular formula is C28H26O8. The summed E-state index contributed by atoms with van der Waals surface area (Å²) in [6.07, 6.45) is -4.58. The van der Waals surface area contributed by atoms with Crippen LogP contribution in [0.25, 0.3) is 0 Å². The molecule has 2 heterocycles. The zero-order valence-electron chi connectivity index (χ0n) is 19.8. The van der Waals surface area contributed by atoms with E-state index < -0.39 is 48.6 Å². The number of carbonyl (C=O) groups excluding carboxylic acids is 2. The summed E-state index contributed by atoms with van der Waals surface area (Å²) in [6.45, 7) is 1.72. The minimum absolute atomic E-state index is 0.348. The van der Waals surface area contributed by atoms with Crippen LogP contribution in [0.3, 0.4) is 0 Å². The molecule has 6 atom stereocenters. The molecule has 0 radical (unpaired) electrons. The Labute approximate surface area is 208 Å². The van der Waals surface area contributed by atoms with E-state index in [1.165, 1.54) is 7.11 Å². The number of rotatable bonds is 6. The van der Waals surface area contributed by atoms with Gasteiger partial charge in [-0.2, -0.15) is 0 Å². The van der Waals surface area contributed by atoms with Crippen molar-refractivity contribution in [1.82, 2.24) is 0 Å². The van der Waals surface area contributed by atoms with Gasteiger partial charge in [0.05, 0.1) is 17.2 Å². The maximum absolute atomic E-state index is 13.1. The van der Waals surface area contributed by atoms with Crippen molar-refractivity contribution in [3.63, 3.8) is 0 Å². The maximum atomic E-state index is 13.1. The summed E-state index contributed by atoms with van der Waals surface area (Å²) < 4.78 is 35.9. The number of benzene rings is 3. The summed E-state index contributed by atoms with van der Waals surface area (Å²) in [5, 5.41) is 0. The molecule has 0 spiro atoms. The lowest BCUT2D eigenvalue weighted by Crippen LogP contribution is -2.58. The first-order chi connectivity index (χ1) is 17.5. The normalized spacial score (nSPS) is 29.2. The fraction of sp³-hybridized carbons (Fsp3) is 0.286. The van der Waals surface area contributed by atoms with Gasteiger partial charge < -0.3 is 23.7 Å². The Morgan fingerprint density at radius 1 is 0.722 bits per heavy atom. The van der Waals surface area contributed by atoms with Gasteiger partial charge >= 0.3 is 17.9 Å². The Balaban J connectivity index is 1.47. The van der Waals surface area contributed by atoms with Crippen molar-refractivity contribution in [2.24, 2.45) is 0 Å². The summed E-state index contributed by atoms with van der Waals surface area (Å²) >= 11 is 0. The number of carbonyl (C=O) groups is 2. The van der Waals surface area contributed by atoms with E-state index in [1.807, 2.05) is 18.2 Å². The lowest BCUT2D eigenvalue weighted by atomic mass is 9.99. The van der Waals surface area contributed by atoms with Crippen LogP contribution in [0.4, 0.5) is 0 Å². The highest BCUT2D eigenvalue weighted by Gasteiger charge is 2.60. The van der Waals surface area contributed by atoms with Gasteiger partial charge in [0.1, 0.15) is 0 Å². The molecule has 2 aliphatic heterocycles. The molecule has 2 aliphatic rings. The van der Waals surface area contributed by atoms with Gasteiger partial charge in [-0.3, -0.25) is 4.74 Å². The van der Waals surface area contributed by atoms with E-state index >= 15 is 0 Å². The van der Waals surface area contributed by atoms with Crippen LogP contribution in [0, 0.1) is 0 Å². The van der Waals surface area contributed by atoms with Crippen LogP contribution in [-0.4, -0.2) is 49.8 Å². The third-order valence-corrected chi connectivity index (χ3v) is 6.19. The highest BCUT2D eigenvalue weighted by molar-refractivity contribution is 5.90. The SMILES string of the molecule is COC1(c2ccccc2)OC2OC(C)C(OC(=O)c3ccccc3)C(OC(=O)c3ccccc3)C2O1. The Morgan fingerprint density at radius 2 is 1.22 bits per heavy atom. The van der Waals surface area contributed by atoms with Crippen LogP contribution < -0.4 is 0 Å². The van der Waals surface area contributed by atoms with Crippen LogP contribution in [0.1, 0.15) is 33.2 Å². The van der Waals surface area contributed by atoms with Crippen molar-refractivity contribution in [2.45, 2.75) is 43.6 Å². The van der Waals surface area contributed by atoms with Crippen LogP contribution in [-0.2, 0) is 34.4 Å². The molecule has 0 aromatic heterocycles. The monoisotopic (exact) mass is 490 g/mol. The van der Waals surface area contributed by atoms with Crippen molar-refractivity contribution < 1.29 is 38.0 Å². The zero-order valence-corrected chi connectivity index (χ0v) is 19.8. The quantitative estimate of drug-likeness (QED) is 0.478. The van der Waals surface area contributed by atoms with Crippen LogP contribution in [0.5, 0.6) is 0 Å². The predicted octanol–water partition coefficient (Wildman–Crippen LogP) is 4.05. The number of hydrogen-bond donors (Lipinski definition) is 0. The summed E-state index contributed by atoms with van der Waals surface area (Å²) in [7, 11) is 1.45. The van der Waals surface area contributed by atoms with E-state index in [0.717, 1.165) is 0 Å². The molecule has 186 valence electrons. The third kappa shape index (κ3) is 4.64. The van der Waals surface area contributed by atoms with Gasteiger partial charge in [-0.1, -0.05) is 66.7 Å². The topological polar surface area (TPSA) is 89.5 Å². The molecule has 0 aliphatic carbocycles. The molecule has 2 saturated heterocycles. The smallest absolute Gasteiger partial charge is 0.338 e. The predicted molar refractivity (Wildman–Crippen MR) is 127 cm³/mol. The van der Waals surface area contributed by atoms with E-state index in [0.29, 0.717) is 16.7 Å². The lowest BCUT2D eigenvalue weighted by molar-refractivity contribution is -0.356. The summed E-state index contributed by atoms with van der Waals surface area (Å²) in [5.41, 5.74) is 1.31. The van der Waals surface area contributed by atoms with Gasteiger partial charge in [0.15, 0.2) is 24.6 Å². The molecule has 6 unspecified atom stereocenters. The molecule has 8 heteroatoms. The summed E-state index contributed by atoms with van der Waals surface area (Å²) in [4.78, 5) is 26.0. The Kier molecular flexibility index (Phi) is 6.84. The number of methoxy groups -OCH3 is 1. The van der Waals surface area contributed by atoms with E-state index in [1.54, 1.807) is 79.7 Å². The Hall–Kier alpha value is -3.56. The van der Waals surface area contributed by atoms with E-state index in [-0.39, 0.29) is 0 Å². The average molecular weight is 491 g/mol. The number of hydrogen-bond acceptors (Lipinski definition) is 8. The van der Waals surface area contributed by atoms with Gasteiger partial charge in [0.25, 0.3) is 0 Å². The molecule has 2 fully saturated rings. The highest BCUT2D eigenvalue weighted by Crippen LogP contribution is 2.44. The second-order valence-electron chi connectivity index (χ2n) is 8.51. The first-order valence-electron chi connectivity index (χ1n) is 11.6.